The van der Waals surface area contributed by atoms with Gasteiger partial charge in [0.25, 0.3) is 5.91 Å². The molecule has 2 aromatic heterocycles. The van der Waals surface area contributed by atoms with Crippen LogP contribution in [0.3, 0.4) is 0 Å². The zero-order valence-electron chi connectivity index (χ0n) is 13.8. The first-order valence-electron chi connectivity index (χ1n) is 7.66. The van der Waals surface area contributed by atoms with Gasteiger partial charge in [-0.1, -0.05) is 0 Å². The van der Waals surface area contributed by atoms with Gasteiger partial charge in [-0.15, -0.1) is 11.3 Å². The lowest BCUT2D eigenvalue weighted by atomic mass is 10.2. The number of nitrogens with one attached hydrogen (secondary N) is 1. The maximum Gasteiger partial charge on any atom is 0.418 e. The summed E-state index contributed by atoms with van der Waals surface area (Å²) < 4.78 is 45.4. The number of halogens is 3. The number of pyridine rings is 1. The number of ether oxygens (including phenoxy) is 1. The molecule has 1 saturated heterocycles. The number of hydrogen-bond acceptors (Lipinski definition) is 6. The number of carboxylic acid groups (broad SMARTS) is 1. The second-order valence-electron chi connectivity index (χ2n) is 5.82. The largest absolute Gasteiger partial charge is 0.470 e. The van der Waals surface area contributed by atoms with Crippen LogP contribution in [0, 0.1) is 0 Å². The van der Waals surface area contributed by atoms with Crippen LogP contribution in [0.15, 0.2) is 11.4 Å². The summed E-state index contributed by atoms with van der Waals surface area (Å²) in [5.74, 6) is -1.05. The molecule has 2 atom stereocenters. The zero-order chi connectivity index (χ0) is 19.9. The van der Waals surface area contributed by atoms with E-state index < -0.39 is 41.8 Å². The van der Waals surface area contributed by atoms with Crippen molar-refractivity contribution >= 4 is 33.6 Å². The fourth-order valence-electron chi connectivity index (χ4n) is 2.74. The molecule has 0 spiro atoms. The molecule has 3 N–H and O–H groups in total. The van der Waals surface area contributed by atoms with Gasteiger partial charge in [0, 0.05) is 18.5 Å². The van der Waals surface area contributed by atoms with Crippen molar-refractivity contribution in [3.05, 3.63) is 22.6 Å². The molecule has 1 aliphatic rings. The van der Waals surface area contributed by atoms with Gasteiger partial charge in [-0.25, -0.2) is 9.78 Å². The maximum atomic E-state index is 13.4. The number of aliphatic hydroxyl groups is 1. The fraction of sp³-hybridized carbons (Fsp3) is 0.400. The van der Waals surface area contributed by atoms with Gasteiger partial charge in [-0.3, -0.25) is 4.79 Å². The van der Waals surface area contributed by atoms with Gasteiger partial charge in [0.05, 0.1) is 34.4 Å². The summed E-state index contributed by atoms with van der Waals surface area (Å²) >= 11 is 0.733. The number of rotatable bonds is 3. The summed E-state index contributed by atoms with van der Waals surface area (Å²) in [6.45, 7) is -0.445. The van der Waals surface area contributed by atoms with Crippen LogP contribution >= 0.6 is 11.3 Å². The van der Waals surface area contributed by atoms with E-state index in [1.165, 1.54) is 12.4 Å². The molecule has 0 bridgehead atoms. The molecule has 0 aliphatic carbocycles. The Hall–Kier alpha value is -2.60. The van der Waals surface area contributed by atoms with Gasteiger partial charge in [-0.05, 0) is 0 Å². The van der Waals surface area contributed by atoms with Gasteiger partial charge in [0.1, 0.15) is 12.2 Å². The smallest absolute Gasteiger partial charge is 0.418 e. The van der Waals surface area contributed by atoms with Crippen molar-refractivity contribution in [1.29, 1.82) is 0 Å². The number of hydrogen-bond donors (Lipinski definition) is 3. The van der Waals surface area contributed by atoms with Crippen molar-refractivity contribution in [2.75, 3.05) is 20.1 Å². The van der Waals surface area contributed by atoms with Crippen LogP contribution < -0.4 is 10.1 Å². The number of carbonyl (C=O) groups excluding carboxylic acids is 1. The number of alkyl halides is 3. The third kappa shape index (κ3) is 3.62. The van der Waals surface area contributed by atoms with Crippen LogP contribution in [0.1, 0.15) is 15.9 Å². The number of fused-ring (bicyclic) bond motifs is 1. The molecule has 2 aromatic rings. The Labute approximate surface area is 154 Å². The molecule has 3 heterocycles. The van der Waals surface area contributed by atoms with E-state index in [9.17, 15) is 27.9 Å². The monoisotopic (exact) mass is 405 g/mol. The third-order valence-corrected chi connectivity index (χ3v) is 5.06. The highest BCUT2D eigenvalue weighted by Crippen LogP contribution is 2.40. The molecule has 2 amide bonds. The summed E-state index contributed by atoms with van der Waals surface area (Å²) in [5, 5.41) is 22.5. The number of nitrogens with zero attached hydrogens (tertiary/aromatic N) is 2. The molecule has 146 valence electrons. The van der Waals surface area contributed by atoms with E-state index in [-0.39, 0.29) is 28.9 Å². The highest BCUT2D eigenvalue weighted by Gasteiger charge is 2.38. The SMILES string of the molecule is CNC(=O)c1csc2c(C(F)(F)F)cc(OC3CN(C(=O)O)CC3O)nc12. The predicted molar refractivity (Wildman–Crippen MR) is 88.0 cm³/mol. The number of carbonyl (C=O) groups is 2. The Bertz CT molecular complexity index is 901. The number of thiophene rings is 1. The number of aliphatic hydroxyl groups excluding tert-OH is 1. The molecule has 0 radical (unpaired) electrons. The van der Waals surface area contributed by atoms with Crippen molar-refractivity contribution < 1.29 is 37.7 Å². The molecule has 12 heteroatoms. The Morgan fingerprint density at radius 3 is 2.67 bits per heavy atom. The summed E-state index contributed by atoms with van der Waals surface area (Å²) in [5.41, 5.74) is -1.23. The topological polar surface area (TPSA) is 112 Å². The lowest BCUT2D eigenvalue weighted by Crippen LogP contribution is -2.31. The first-order chi connectivity index (χ1) is 12.6. The van der Waals surface area contributed by atoms with Crippen LogP contribution in [0.2, 0.25) is 0 Å². The Morgan fingerprint density at radius 1 is 1.41 bits per heavy atom. The minimum Gasteiger partial charge on any atom is -0.470 e. The second kappa shape index (κ2) is 6.85. The number of β-amino-alcohol motifs (C(OH)–C–C–N with tert-alkyl or cyclic N) is 1. The van der Waals surface area contributed by atoms with Gasteiger partial charge < -0.3 is 25.2 Å². The van der Waals surface area contributed by atoms with Crippen LogP contribution in [-0.4, -0.2) is 64.4 Å². The number of aromatic nitrogens is 1. The first kappa shape index (κ1) is 19.2. The van der Waals surface area contributed by atoms with Gasteiger partial charge in [-0.2, -0.15) is 13.2 Å². The molecular weight excluding hydrogens is 391 g/mol. The van der Waals surface area contributed by atoms with Crippen molar-refractivity contribution in [2.24, 2.45) is 0 Å². The van der Waals surface area contributed by atoms with Gasteiger partial charge in [0.2, 0.25) is 5.88 Å². The van der Waals surface area contributed by atoms with Crippen LogP contribution in [0.5, 0.6) is 5.88 Å². The van der Waals surface area contributed by atoms with Crippen molar-refractivity contribution in [2.45, 2.75) is 18.4 Å². The van der Waals surface area contributed by atoms with Gasteiger partial charge in [0.15, 0.2) is 0 Å². The summed E-state index contributed by atoms with van der Waals surface area (Å²) in [7, 11) is 1.34. The highest BCUT2D eigenvalue weighted by molar-refractivity contribution is 7.17. The van der Waals surface area contributed by atoms with E-state index in [1.54, 1.807) is 0 Å². The van der Waals surface area contributed by atoms with Crippen molar-refractivity contribution in [3.8, 4) is 5.88 Å². The Morgan fingerprint density at radius 2 is 2.11 bits per heavy atom. The summed E-state index contributed by atoms with van der Waals surface area (Å²) in [6.07, 6.45) is -8.28. The summed E-state index contributed by atoms with van der Waals surface area (Å²) in [6, 6.07) is 0.683. The minimum atomic E-state index is -4.72. The lowest BCUT2D eigenvalue weighted by molar-refractivity contribution is -0.136. The molecule has 8 nitrogen and oxygen atoms in total. The van der Waals surface area contributed by atoms with Crippen LogP contribution in [0.25, 0.3) is 10.2 Å². The molecule has 0 saturated carbocycles. The molecule has 3 rings (SSSR count). The standard InChI is InChI=1S/C15H14F3N3O5S/c1-19-13(23)6-5-27-12-7(15(16,17)18)2-10(20-11(6)12)26-9-4-21(14(24)25)3-8(9)22/h2,5,8-9,22H,3-4H2,1H3,(H,19,23)(H,24,25). The molecule has 1 fully saturated rings. The highest BCUT2D eigenvalue weighted by atomic mass is 32.1. The van der Waals surface area contributed by atoms with E-state index in [1.807, 2.05) is 0 Å². The van der Waals surface area contributed by atoms with Gasteiger partial charge >= 0.3 is 12.3 Å². The van der Waals surface area contributed by atoms with Crippen LogP contribution in [-0.2, 0) is 6.18 Å². The van der Waals surface area contributed by atoms with E-state index in [0.29, 0.717) is 6.07 Å². The second-order valence-corrected chi connectivity index (χ2v) is 6.70. The zero-order valence-corrected chi connectivity index (χ0v) is 14.6. The molecular formula is C15H14F3N3O5S. The number of likely N-dealkylation sites (tertiary alicyclic amines) is 1. The summed E-state index contributed by atoms with van der Waals surface area (Å²) in [4.78, 5) is 27.8. The van der Waals surface area contributed by atoms with E-state index in [2.05, 4.69) is 10.3 Å². The number of amides is 2. The third-order valence-electron chi connectivity index (χ3n) is 4.06. The normalized spacial score (nSPS) is 20.1. The van der Waals surface area contributed by atoms with Crippen LogP contribution in [0.4, 0.5) is 18.0 Å². The average Bonchev–Trinajstić information content (AvgIpc) is 3.17. The average molecular weight is 405 g/mol. The quantitative estimate of drug-likeness (QED) is 0.718. The first-order valence-corrected chi connectivity index (χ1v) is 8.54. The predicted octanol–water partition coefficient (Wildman–Crippen LogP) is 1.78. The van der Waals surface area contributed by atoms with Crippen molar-refractivity contribution in [3.63, 3.8) is 0 Å². The Kier molecular flexibility index (Phi) is 4.86. The Balaban J connectivity index is 2.03. The fourth-order valence-corrected chi connectivity index (χ4v) is 3.76. The molecule has 27 heavy (non-hydrogen) atoms. The molecule has 1 aliphatic heterocycles. The van der Waals surface area contributed by atoms with E-state index in [0.717, 1.165) is 16.2 Å². The van der Waals surface area contributed by atoms with Crippen molar-refractivity contribution in [1.82, 2.24) is 15.2 Å². The lowest BCUT2D eigenvalue weighted by Gasteiger charge is -2.17. The van der Waals surface area contributed by atoms with E-state index >= 15 is 0 Å². The maximum absolute atomic E-state index is 13.4. The minimum absolute atomic E-state index is 0.0346. The molecule has 0 aromatic carbocycles. The van der Waals surface area contributed by atoms with E-state index in [4.69, 9.17) is 9.84 Å². The molecule has 2 unspecified atom stereocenters.